The molecule has 0 saturated heterocycles. The van der Waals surface area contributed by atoms with Gasteiger partial charge in [-0.2, -0.15) is 10.1 Å². The highest BCUT2D eigenvalue weighted by atomic mass is 16.5. The molecule has 0 saturated carbocycles. The van der Waals surface area contributed by atoms with E-state index in [0.29, 0.717) is 30.4 Å². The largest absolute Gasteiger partial charge is 0.461 e. The summed E-state index contributed by atoms with van der Waals surface area (Å²) in [5, 5.41) is 8.54. The number of furan rings is 1. The molecular weight excluding hydrogens is 382 g/mol. The third-order valence-electron chi connectivity index (χ3n) is 5.03. The number of hydrogen-bond acceptors (Lipinski definition) is 6. The zero-order valence-corrected chi connectivity index (χ0v) is 17.2. The molecule has 0 aliphatic heterocycles. The summed E-state index contributed by atoms with van der Waals surface area (Å²) >= 11 is 0. The van der Waals surface area contributed by atoms with Gasteiger partial charge in [0.25, 0.3) is 0 Å². The van der Waals surface area contributed by atoms with Crippen LogP contribution in [-0.4, -0.2) is 37.8 Å². The molecule has 0 fully saturated rings. The molecule has 1 aromatic carbocycles. The maximum absolute atomic E-state index is 12.6. The van der Waals surface area contributed by atoms with E-state index in [0.717, 1.165) is 22.6 Å². The van der Waals surface area contributed by atoms with Gasteiger partial charge < -0.3 is 13.8 Å². The molecule has 30 heavy (non-hydrogen) atoms. The van der Waals surface area contributed by atoms with Crippen LogP contribution >= 0.6 is 0 Å². The van der Waals surface area contributed by atoms with Gasteiger partial charge in [-0.25, -0.2) is 4.68 Å². The molecule has 1 amide bonds. The van der Waals surface area contributed by atoms with Gasteiger partial charge >= 0.3 is 0 Å². The van der Waals surface area contributed by atoms with Crippen molar-refractivity contribution in [3.05, 3.63) is 71.6 Å². The number of aromatic nitrogens is 4. The van der Waals surface area contributed by atoms with Crippen molar-refractivity contribution in [2.75, 3.05) is 7.05 Å². The Morgan fingerprint density at radius 3 is 2.67 bits per heavy atom. The smallest absolute Gasteiger partial charge is 0.238 e. The van der Waals surface area contributed by atoms with Gasteiger partial charge in [-0.05, 0) is 38.1 Å². The molecule has 3 heterocycles. The summed E-state index contributed by atoms with van der Waals surface area (Å²) in [6.07, 6.45) is 2.20. The predicted molar refractivity (Wildman–Crippen MR) is 110 cm³/mol. The number of hydrogen-bond donors (Lipinski definition) is 0. The number of rotatable bonds is 7. The first-order chi connectivity index (χ1) is 14.5. The van der Waals surface area contributed by atoms with E-state index in [-0.39, 0.29) is 12.3 Å². The minimum Gasteiger partial charge on any atom is -0.461 e. The van der Waals surface area contributed by atoms with E-state index in [1.165, 1.54) is 0 Å². The standard InChI is InChI=1S/C22H23N5O3/c1-15-18(16(2)27(24-15)17-8-5-4-6-9-17)14-26(3)21(28)12-11-20-23-22(25-30-20)19-10-7-13-29-19/h4-10,13H,11-12,14H2,1-3H3. The molecular formula is C22H23N5O3. The van der Waals surface area contributed by atoms with Crippen LogP contribution in [0.25, 0.3) is 17.3 Å². The minimum absolute atomic E-state index is 0.000917. The van der Waals surface area contributed by atoms with Gasteiger partial charge in [-0.3, -0.25) is 4.79 Å². The van der Waals surface area contributed by atoms with E-state index < -0.39 is 0 Å². The van der Waals surface area contributed by atoms with Crippen molar-refractivity contribution in [1.82, 2.24) is 24.8 Å². The first-order valence-corrected chi connectivity index (χ1v) is 9.74. The molecule has 0 atom stereocenters. The van der Waals surface area contributed by atoms with Crippen LogP contribution in [0.2, 0.25) is 0 Å². The Morgan fingerprint density at radius 2 is 1.93 bits per heavy atom. The first kappa shape index (κ1) is 19.6. The fourth-order valence-electron chi connectivity index (χ4n) is 3.32. The second kappa shape index (κ2) is 8.36. The topological polar surface area (TPSA) is 90.2 Å². The van der Waals surface area contributed by atoms with Gasteiger partial charge in [0.1, 0.15) is 0 Å². The van der Waals surface area contributed by atoms with Crippen molar-refractivity contribution in [3.8, 4) is 17.3 Å². The number of amides is 1. The third-order valence-corrected chi connectivity index (χ3v) is 5.03. The lowest BCUT2D eigenvalue weighted by Crippen LogP contribution is -2.27. The number of benzene rings is 1. The number of carbonyl (C=O) groups is 1. The number of para-hydroxylation sites is 1. The average Bonchev–Trinajstić information content (AvgIpc) is 3.50. The second-order valence-electron chi connectivity index (χ2n) is 7.14. The van der Waals surface area contributed by atoms with Crippen LogP contribution in [0.15, 0.2) is 57.7 Å². The maximum Gasteiger partial charge on any atom is 0.238 e. The monoisotopic (exact) mass is 405 g/mol. The van der Waals surface area contributed by atoms with Crippen molar-refractivity contribution >= 4 is 5.91 Å². The van der Waals surface area contributed by atoms with Crippen molar-refractivity contribution in [3.63, 3.8) is 0 Å². The summed E-state index contributed by atoms with van der Waals surface area (Å²) in [6.45, 7) is 4.48. The Balaban J connectivity index is 1.39. The van der Waals surface area contributed by atoms with Crippen LogP contribution in [0.5, 0.6) is 0 Å². The molecule has 0 bridgehead atoms. The van der Waals surface area contributed by atoms with Gasteiger partial charge in [-0.15, -0.1) is 0 Å². The van der Waals surface area contributed by atoms with Gasteiger partial charge in [0.05, 0.1) is 17.6 Å². The maximum atomic E-state index is 12.6. The van der Waals surface area contributed by atoms with E-state index in [1.54, 1.807) is 30.3 Å². The van der Waals surface area contributed by atoms with E-state index in [1.807, 2.05) is 48.9 Å². The van der Waals surface area contributed by atoms with E-state index >= 15 is 0 Å². The Hall–Kier alpha value is -3.68. The van der Waals surface area contributed by atoms with E-state index in [4.69, 9.17) is 8.94 Å². The summed E-state index contributed by atoms with van der Waals surface area (Å²) in [5.74, 6) is 1.33. The summed E-state index contributed by atoms with van der Waals surface area (Å²) in [4.78, 5) is 18.6. The van der Waals surface area contributed by atoms with Crippen LogP contribution in [0, 0.1) is 13.8 Å². The molecule has 0 unspecified atom stereocenters. The third kappa shape index (κ3) is 4.03. The zero-order chi connectivity index (χ0) is 21.1. The summed E-state index contributed by atoms with van der Waals surface area (Å²) < 4.78 is 12.4. The number of nitrogens with zero attached hydrogens (tertiary/aromatic N) is 5. The van der Waals surface area contributed by atoms with Crippen LogP contribution in [0.4, 0.5) is 0 Å². The number of carbonyl (C=O) groups excluding carboxylic acids is 1. The Kier molecular flexibility index (Phi) is 5.47. The Labute approximate surface area is 174 Å². The lowest BCUT2D eigenvalue weighted by molar-refractivity contribution is -0.130. The second-order valence-corrected chi connectivity index (χ2v) is 7.14. The summed E-state index contributed by atoms with van der Waals surface area (Å²) in [5.41, 5.74) is 3.99. The highest BCUT2D eigenvalue weighted by Crippen LogP contribution is 2.20. The molecule has 3 aromatic heterocycles. The molecule has 4 aromatic rings. The highest BCUT2D eigenvalue weighted by Gasteiger charge is 2.18. The highest BCUT2D eigenvalue weighted by molar-refractivity contribution is 5.76. The normalized spacial score (nSPS) is 11.0. The lowest BCUT2D eigenvalue weighted by Gasteiger charge is -2.17. The zero-order valence-electron chi connectivity index (χ0n) is 17.2. The van der Waals surface area contributed by atoms with Gasteiger partial charge in [0.15, 0.2) is 5.76 Å². The Morgan fingerprint density at radius 1 is 1.13 bits per heavy atom. The fourth-order valence-corrected chi connectivity index (χ4v) is 3.32. The summed E-state index contributed by atoms with van der Waals surface area (Å²) in [6, 6.07) is 13.5. The molecule has 0 N–H and O–H groups in total. The van der Waals surface area contributed by atoms with Crippen molar-refractivity contribution in [2.24, 2.45) is 0 Å². The molecule has 154 valence electrons. The molecule has 4 rings (SSSR count). The molecule has 0 aliphatic carbocycles. The molecule has 8 heteroatoms. The Bertz CT molecular complexity index is 1130. The van der Waals surface area contributed by atoms with Crippen LogP contribution in [0.1, 0.15) is 29.3 Å². The van der Waals surface area contributed by atoms with Gasteiger partial charge in [0.2, 0.25) is 17.6 Å². The van der Waals surface area contributed by atoms with Gasteiger partial charge in [0, 0.05) is 37.7 Å². The van der Waals surface area contributed by atoms with Crippen molar-refractivity contribution < 1.29 is 13.7 Å². The average molecular weight is 405 g/mol. The van der Waals surface area contributed by atoms with Crippen molar-refractivity contribution in [2.45, 2.75) is 33.2 Å². The molecule has 0 aliphatic rings. The predicted octanol–water partition coefficient (Wildman–Crippen LogP) is 3.72. The lowest BCUT2D eigenvalue weighted by atomic mass is 10.1. The molecule has 8 nitrogen and oxygen atoms in total. The first-order valence-electron chi connectivity index (χ1n) is 9.74. The van der Waals surface area contributed by atoms with Gasteiger partial charge in [-0.1, -0.05) is 23.4 Å². The van der Waals surface area contributed by atoms with Crippen molar-refractivity contribution in [1.29, 1.82) is 0 Å². The van der Waals surface area contributed by atoms with Crippen LogP contribution in [0.3, 0.4) is 0 Å². The number of aryl methyl sites for hydroxylation is 2. The van der Waals surface area contributed by atoms with E-state index in [2.05, 4.69) is 15.2 Å². The molecule has 0 spiro atoms. The van der Waals surface area contributed by atoms with E-state index in [9.17, 15) is 4.79 Å². The van der Waals surface area contributed by atoms with Crippen LogP contribution in [-0.2, 0) is 17.8 Å². The minimum atomic E-state index is -0.000917. The SMILES string of the molecule is Cc1nn(-c2ccccc2)c(C)c1CN(C)C(=O)CCc1nc(-c2ccco2)no1. The quantitative estimate of drug-likeness (QED) is 0.465. The van der Waals surface area contributed by atoms with Crippen LogP contribution < -0.4 is 0 Å². The summed E-state index contributed by atoms with van der Waals surface area (Å²) in [7, 11) is 1.79. The molecule has 0 radical (unpaired) electrons. The fraction of sp³-hybridized carbons (Fsp3) is 0.273.